The number of hydrogen-bond donors (Lipinski definition) is 0. The molecule has 0 unspecified atom stereocenters. The highest BCUT2D eigenvalue weighted by molar-refractivity contribution is 5.60. The fourth-order valence-corrected chi connectivity index (χ4v) is 1.66. The zero-order valence-electron chi connectivity index (χ0n) is 10.4. The summed E-state index contributed by atoms with van der Waals surface area (Å²) in [5, 5.41) is 0. The Bertz CT molecular complexity index is 489. The van der Waals surface area contributed by atoms with Crippen LogP contribution in [0, 0.1) is 0 Å². The van der Waals surface area contributed by atoms with Crippen molar-refractivity contribution in [3.8, 4) is 17.1 Å². The van der Waals surface area contributed by atoms with E-state index in [0.29, 0.717) is 5.88 Å². The molecule has 2 aromatic heterocycles. The lowest BCUT2D eigenvalue weighted by molar-refractivity contribution is 0.398. The van der Waals surface area contributed by atoms with Gasteiger partial charge in [-0.25, -0.2) is 9.97 Å². The molecule has 0 bridgehead atoms. The molecule has 0 amide bonds. The van der Waals surface area contributed by atoms with Crippen molar-refractivity contribution in [2.75, 3.05) is 7.11 Å². The first-order valence-corrected chi connectivity index (χ1v) is 5.77. The van der Waals surface area contributed by atoms with Gasteiger partial charge in [0.05, 0.1) is 7.11 Å². The monoisotopic (exact) mass is 232 g/mol. The van der Waals surface area contributed by atoms with Crippen molar-refractivity contribution < 1.29 is 9.15 Å². The molecule has 0 spiro atoms. The van der Waals surface area contributed by atoms with Crippen LogP contribution in [0.25, 0.3) is 11.3 Å². The molecule has 4 nitrogen and oxygen atoms in total. The van der Waals surface area contributed by atoms with Crippen molar-refractivity contribution in [3.05, 3.63) is 30.0 Å². The molecule has 0 aromatic carbocycles. The Morgan fingerprint density at radius 1 is 1.24 bits per heavy atom. The Balaban J connectivity index is 2.40. The first-order valence-electron chi connectivity index (χ1n) is 5.77. The van der Waals surface area contributed by atoms with Gasteiger partial charge in [-0.1, -0.05) is 13.8 Å². The number of aryl methyl sites for hydroxylation is 2. The zero-order valence-corrected chi connectivity index (χ0v) is 10.4. The Kier molecular flexibility index (Phi) is 3.42. The van der Waals surface area contributed by atoms with Crippen molar-refractivity contribution in [1.29, 1.82) is 0 Å². The van der Waals surface area contributed by atoms with Crippen LogP contribution in [0.15, 0.2) is 22.7 Å². The molecule has 2 heterocycles. The normalized spacial score (nSPS) is 10.5. The van der Waals surface area contributed by atoms with Crippen molar-refractivity contribution in [3.63, 3.8) is 0 Å². The molecule has 17 heavy (non-hydrogen) atoms. The lowest BCUT2D eigenvalue weighted by Gasteiger charge is -2.00. The SMILES string of the molecule is CCc1nc(-c2ccc(OC)nc2)c(CC)o1. The third kappa shape index (κ3) is 2.30. The van der Waals surface area contributed by atoms with Gasteiger partial charge >= 0.3 is 0 Å². The molecule has 90 valence electrons. The highest BCUT2D eigenvalue weighted by Gasteiger charge is 2.12. The van der Waals surface area contributed by atoms with Gasteiger partial charge in [0.2, 0.25) is 5.88 Å². The first kappa shape index (κ1) is 11.6. The number of rotatable bonds is 4. The van der Waals surface area contributed by atoms with E-state index in [0.717, 1.165) is 35.7 Å². The van der Waals surface area contributed by atoms with Crippen molar-refractivity contribution in [1.82, 2.24) is 9.97 Å². The van der Waals surface area contributed by atoms with Crippen molar-refractivity contribution in [2.24, 2.45) is 0 Å². The number of aromatic nitrogens is 2. The fraction of sp³-hybridized carbons (Fsp3) is 0.385. The van der Waals surface area contributed by atoms with Crippen molar-refractivity contribution >= 4 is 0 Å². The zero-order chi connectivity index (χ0) is 12.3. The molecule has 0 radical (unpaired) electrons. The minimum absolute atomic E-state index is 0.603. The maximum atomic E-state index is 5.65. The van der Waals surface area contributed by atoms with E-state index in [-0.39, 0.29) is 0 Å². The second-order valence-electron chi connectivity index (χ2n) is 3.68. The number of oxazole rings is 1. The molecular formula is C13H16N2O2. The van der Waals surface area contributed by atoms with Gasteiger partial charge in [-0.15, -0.1) is 0 Å². The van der Waals surface area contributed by atoms with Crippen LogP contribution in [-0.4, -0.2) is 17.1 Å². The first-order chi connectivity index (χ1) is 8.28. The average Bonchev–Trinajstić information content (AvgIpc) is 2.82. The molecule has 0 aliphatic heterocycles. The van der Waals surface area contributed by atoms with Gasteiger partial charge in [0, 0.05) is 30.7 Å². The van der Waals surface area contributed by atoms with E-state index < -0.39 is 0 Å². The van der Waals surface area contributed by atoms with Crippen molar-refractivity contribution in [2.45, 2.75) is 26.7 Å². The van der Waals surface area contributed by atoms with Gasteiger partial charge in [-0.2, -0.15) is 0 Å². The van der Waals surface area contributed by atoms with Gasteiger partial charge < -0.3 is 9.15 Å². The third-order valence-electron chi connectivity index (χ3n) is 2.58. The summed E-state index contributed by atoms with van der Waals surface area (Å²) in [6.07, 6.45) is 3.39. The molecule has 0 saturated carbocycles. The Morgan fingerprint density at radius 2 is 2.06 bits per heavy atom. The largest absolute Gasteiger partial charge is 0.481 e. The summed E-state index contributed by atoms with van der Waals surface area (Å²) in [5.41, 5.74) is 1.85. The number of methoxy groups -OCH3 is 1. The third-order valence-corrected chi connectivity index (χ3v) is 2.58. The van der Waals surface area contributed by atoms with Gasteiger partial charge in [-0.05, 0) is 6.07 Å². The van der Waals surface area contributed by atoms with Crippen LogP contribution in [0.2, 0.25) is 0 Å². The summed E-state index contributed by atoms with van der Waals surface area (Å²) in [7, 11) is 1.60. The Morgan fingerprint density at radius 3 is 2.59 bits per heavy atom. The molecular weight excluding hydrogens is 216 g/mol. The predicted molar refractivity (Wildman–Crippen MR) is 65.0 cm³/mol. The van der Waals surface area contributed by atoms with Gasteiger partial charge in [0.25, 0.3) is 0 Å². The molecule has 0 atom stereocenters. The second kappa shape index (κ2) is 4.99. The number of pyridine rings is 1. The fourth-order valence-electron chi connectivity index (χ4n) is 1.66. The minimum Gasteiger partial charge on any atom is -0.481 e. The lowest BCUT2D eigenvalue weighted by atomic mass is 10.1. The van der Waals surface area contributed by atoms with E-state index >= 15 is 0 Å². The van der Waals surface area contributed by atoms with Crippen LogP contribution in [0.4, 0.5) is 0 Å². The molecule has 2 aromatic rings. The second-order valence-corrected chi connectivity index (χ2v) is 3.68. The summed E-state index contributed by atoms with van der Waals surface area (Å²) in [4.78, 5) is 8.66. The molecule has 2 rings (SSSR count). The lowest BCUT2D eigenvalue weighted by Crippen LogP contribution is -1.89. The molecule has 0 fully saturated rings. The van der Waals surface area contributed by atoms with Crippen LogP contribution >= 0.6 is 0 Å². The summed E-state index contributed by atoms with van der Waals surface area (Å²) >= 11 is 0. The number of ether oxygens (including phenoxy) is 1. The van der Waals surface area contributed by atoms with Gasteiger partial charge in [0.15, 0.2) is 5.89 Å². The van der Waals surface area contributed by atoms with E-state index in [9.17, 15) is 0 Å². The maximum absolute atomic E-state index is 5.65. The molecule has 4 heteroatoms. The van der Waals surface area contributed by atoms with Crippen LogP contribution in [0.5, 0.6) is 5.88 Å². The average molecular weight is 232 g/mol. The van der Waals surface area contributed by atoms with Crippen LogP contribution in [-0.2, 0) is 12.8 Å². The van der Waals surface area contributed by atoms with Gasteiger partial charge in [0.1, 0.15) is 11.5 Å². The Hall–Kier alpha value is -1.84. The maximum Gasteiger partial charge on any atom is 0.212 e. The molecule has 0 aliphatic rings. The van der Waals surface area contributed by atoms with E-state index in [1.165, 1.54) is 0 Å². The van der Waals surface area contributed by atoms with E-state index in [1.54, 1.807) is 13.3 Å². The quantitative estimate of drug-likeness (QED) is 0.813. The van der Waals surface area contributed by atoms with E-state index in [1.807, 2.05) is 19.1 Å². The minimum atomic E-state index is 0.603. The molecule has 0 aliphatic carbocycles. The predicted octanol–water partition coefficient (Wildman–Crippen LogP) is 2.87. The summed E-state index contributed by atoms with van der Waals surface area (Å²) < 4.78 is 10.7. The van der Waals surface area contributed by atoms with Gasteiger partial charge in [-0.3, -0.25) is 0 Å². The summed E-state index contributed by atoms with van der Waals surface area (Å²) in [5.74, 6) is 2.28. The van der Waals surface area contributed by atoms with Crippen LogP contribution in [0.3, 0.4) is 0 Å². The van der Waals surface area contributed by atoms with Crippen LogP contribution < -0.4 is 4.74 Å². The van der Waals surface area contributed by atoms with E-state index in [4.69, 9.17) is 9.15 Å². The molecule has 0 saturated heterocycles. The standard InChI is InChI=1S/C13H16N2O2/c1-4-10-13(15-11(5-2)17-10)9-6-7-12(16-3)14-8-9/h6-8H,4-5H2,1-3H3. The highest BCUT2D eigenvalue weighted by atomic mass is 16.5. The van der Waals surface area contributed by atoms with Crippen LogP contribution in [0.1, 0.15) is 25.5 Å². The molecule has 0 N–H and O–H groups in total. The summed E-state index contributed by atoms with van der Waals surface area (Å²) in [6.45, 7) is 4.09. The smallest absolute Gasteiger partial charge is 0.212 e. The van der Waals surface area contributed by atoms with E-state index in [2.05, 4.69) is 16.9 Å². The number of nitrogens with zero attached hydrogens (tertiary/aromatic N) is 2. The number of hydrogen-bond acceptors (Lipinski definition) is 4. The Labute approximate surface area is 101 Å². The highest BCUT2D eigenvalue weighted by Crippen LogP contribution is 2.25. The summed E-state index contributed by atoms with van der Waals surface area (Å²) in [6, 6.07) is 3.78. The topological polar surface area (TPSA) is 48.2 Å².